The molecule has 0 aliphatic carbocycles. The number of benzene rings is 2. The van der Waals surface area contributed by atoms with Crippen LogP contribution >= 0.6 is 11.6 Å². The summed E-state index contributed by atoms with van der Waals surface area (Å²) < 4.78 is 0. The second-order valence-corrected chi connectivity index (χ2v) is 4.58. The Morgan fingerprint density at radius 2 is 1.84 bits per heavy atom. The highest BCUT2D eigenvalue weighted by Gasteiger charge is 2.10. The maximum absolute atomic E-state index is 12.0. The van der Waals surface area contributed by atoms with Gasteiger partial charge in [0.25, 0.3) is 5.91 Å². The van der Waals surface area contributed by atoms with Crippen LogP contribution < -0.4 is 5.32 Å². The molecule has 4 heteroatoms. The van der Waals surface area contributed by atoms with Crippen molar-refractivity contribution in [2.24, 2.45) is 0 Å². The number of rotatable bonds is 3. The topological polar surface area (TPSA) is 46.2 Å². The number of aldehydes is 1. The van der Waals surface area contributed by atoms with Crippen LogP contribution in [0.4, 0.5) is 5.69 Å². The Kier molecular flexibility index (Phi) is 3.97. The number of anilines is 1. The number of amides is 1. The molecule has 0 unspecified atom stereocenters. The van der Waals surface area contributed by atoms with Crippen molar-refractivity contribution in [1.29, 1.82) is 0 Å². The second-order valence-electron chi connectivity index (χ2n) is 4.18. The zero-order valence-electron chi connectivity index (χ0n) is 10.3. The normalized spacial score (nSPS) is 10.0. The highest BCUT2D eigenvalue weighted by molar-refractivity contribution is 6.34. The Labute approximate surface area is 116 Å². The van der Waals surface area contributed by atoms with Gasteiger partial charge in [-0.3, -0.25) is 9.59 Å². The second kappa shape index (κ2) is 5.67. The summed E-state index contributed by atoms with van der Waals surface area (Å²) in [5.74, 6) is -0.274. The summed E-state index contributed by atoms with van der Waals surface area (Å²) in [4.78, 5) is 22.6. The van der Waals surface area contributed by atoms with Gasteiger partial charge in [0.05, 0.1) is 10.6 Å². The summed E-state index contributed by atoms with van der Waals surface area (Å²) >= 11 is 6.03. The van der Waals surface area contributed by atoms with E-state index in [9.17, 15) is 9.59 Å². The first-order valence-electron chi connectivity index (χ1n) is 5.73. The minimum absolute atomic E-state index is 0.274. The smallest absolute Gasteiger partial charge is 0.257 e. The number of nitrogens with one attached hydrogen (secondary N) is 1. The maximum Gasteiger partial charge on any atom is 0.257 e. The van der Waals surface area contributed by atoms with Gasteiger partial charge in [-0.1, -0.05) is 17.7 Å². The molecule has 0 bridgehead atoms. The summed E-state index contributed by atoms with van der Waals surface area (Å²) in [5, 5.41) is 3.15. The Hall–Kier alpha value is -2.13. The molecule has 2 rings (SSSR count). The quantitative estimate of drug-likeness (QED) is 0.867. The van der Waals surface area contributed by atoms with Crippen molar-refractivity contribution in [1.82, 2.24) is 0 Å². The standard InChI is InChI=1S/C15H12ClNO2/c1-10-2-7-13(14(16)8-10)15(19)17-12-5-3-11(9-18)4-6-12/h2-9H,1H3,(H,17,19). The van der Waals surface area contributed by atoms with Crippen molar-refractivity contribution in [3.8, 4) is 0 Å². The Bertz CT molecular complexity index is 621. The van der Waals surface area contributed by atoms with Crippen molar-refractivity contribution in [3.05, 3.63) is 64.2 Å². The molecule has 0 saturated heterocycles. The van der Waals surface area contributed by atoms with Gasteiger partial charge >= 0.3 is 0 Å². The molecule has 0 aromatic heterocycles. The molecule has 19 heavy (non-hydrogen) atoms. The van der Waals surface area contributed by atoms with E-state index in [0.717, 1.165) is 11.8 Å². The average Bonchev–Trinajstić information content (AvgIpc) is 2.39. The fourth-order valence-electron chi connectivity index (χ4n) is 1.65. The van der Waals surface area contributed by atoms with Crippen LogP contribution in [0.3, 0.4) is 0 Å². The van der Waals surface area contributed by atoms with Crippen LogP contribution in [0.5, 0.6) is 0 Å². The maximum atomic E-state index is 12.0. The SMILES string of the molecule is Cc1ccc(C(=O)Nc2ccc(C=O)cc2)c(Cl)c1. The number of carbonyl (C=O) groups is 2. The lowest BCUT2D eigenvalue weighted by molar-refractivity contribution is 0.102. The van der Waals surface area contributed by atoms with E-state index in [1.807, 2.05) is 13.0 Å². The molecule has 96 valence electrons. The minimum atomic E-state index is -0.274. The lowest BCUT2D eigenvalue weighted by atomic mass is 10.1. The fourth-order valence-corrected chi connectivity index (χ4v) is 1.97. The van der Waals surface area contributed by atoms with Crippen molar-refractivity contribution in [2.45, 2.75) is 6.92 Å². The third-order valence-corrected chi connectivity index (χ3v) is 2.99. The highest BCUT2D eigenvalue weighted by Crippen LogP contribution is 2.19. The predicted octanol–water partition coefficient (Wildman–Crippen LogP) is 3.71. The molecule has 0 atom stereocenters. The van der Waals surface area contributed by atoms with Gasteiger partial charge in [0.15, 0.2) is 0 Å². The van der Waals surface area contributed by atoms with Gasteiger partial charge in [-0.2, -0.15) is 0 Å². The van der Waals surface area contributed by atoms with Crippen LogP contribution in [0, 0.1) is 6.92 Å². The van der Waals surface area contributed by atoms with Gasteiger partial charge in [-0.15, -0.1) is 0 Å². The number of hydrogen-bond donors (Lipinski definition) is 1. The van der Waals surface area contributed by atoms with Crippen LogP contribution in [-0.2, 0) is 0 Å². The molecule has 2 aromatic rings. The van der Waals surface area contributed by atoms with E-state index >= 15 is 0 Å². The fraction of sp³-hybridized carbons (Fsp3) is 0.0667. The van der Waals surface area contributed by atoms with E-state index in [0.29, 0.717) is 21.8 Å². The van der Waals surface area contributed by atoms with Gasteiger partial charge in [-0.05, 0) is 48.9 Å². The van der Waals surface area contributed by atoms with E-state index in [4.69, 9.17) is 11.6 Å². The van der Waals surface area contributed by atoms with Crippen molar-refractivity contribution in [3.63, 3.8) is 0 Å². The largest absolute Gasteiger partial charge is 0.322 e. The number of halogens is 1. The van der Waals surface area contributed by atoms with E-state index in [1.165, 1.54) is 0 Å². The molecule has 2 aromatic carbocycles. The Balaban J connectivity index is 2.18. The molecule has 3 nitrogen and oxygen atoms in total. The average molecular weight is 274 g/mol. The lowest BCUT2D eigenvalue weighted by Crippen LogP contribution is -2.12. The van der Waals surface area contributed by atoms with Crippen molar-refractivity contribution < 1.29 is 9.59 Å². The van der Waals surface area contributed by atoms with E-state index < -0.39 is 0 Å². The summed E-state index contributed by atoms with van der Waals surface area (Å²) in [5.41, 5.74) is 2.60. The zero-order chi connectivity index (χ0) is 13.8. The van der Waals surface area contributed by atoms with Crippen LogP contribution in [-0.4, -0.2) is 12.2 Å². The first-order valence-corrected chi connectivity index (χ1v) is 6.10. The first kappa shape index (κ1) is 13.3. The van der Waals surface area contributed by atoms with E-state index in [1.54, 1.807) is 36.4 Å². The van der Waals surface area contributed by atoms with Crippen LogP contribution in [0.2, 0.25) is 5.02 Å². The Morgan fingerprint density at radius 3 is 2.42 bits per heavy atom. The van der Waals surface area contributed by atoms with Crippen molar-refractivity contribution >= 4 is 29.5 Å². The third-order valence-electron chi connectivity index (χ3n) is 2.67. The molecule has 1 amide bonds. The molecule has 0 aliphatic heterocycles. The van der Waals surface area contributed by atoms with E-state index in [2.05, 4.69) is 5.32 Å². The molecule has 0 saturated carbocycles. The van der Waals surface area contributed by atoms with Gasteiger partial charge in [0, 0.05) is 11.3 Å². The summed E-state index contributed by atoms with van der Waals surface area (Å²) in [6.07, 6.45) is 0.752. The number of hydrogen-bond acceptors (Lipinski definition) is 2. The Morgan fingerprint density at radius 1 is 1.16 bits per heavy atom. The molecule has 0 radical (unpaired) electrons. The van der Waals surface area contributed by atoms with E-state index in [-0.39, 0.29) is 5.91 Å². The van der Waals surface area contributed by atoms with Crippen molar-refractivity contribution in [2.75, 3.05) is 5.32 Å². The lowest BCUT2D eigenvalue weighted by Gasteiger charge is -2.07. The molecular formula is C15H12ClNO2. The highest BCUT2D eigenvalue weighted by atomic mass is 35.5. The zero-order valence-corrected chi connectivity index (χ0v) is 11.1. The summed E-state index contributed by atoms with van der Waals surface area (Å²) in [6.45, 7) is 1.91. The summed E-state index contributed by atoms with van der Waals surface area (Å²) in [7, 11) is 0. The van der Waals surface area contributed by atoms with Crippen LogP contribution in [0.15, 0.2) is 42.5 Å². The minimum Gasteiger partial charge on any atom is -0.322 e. The monoisotopic (exact) mass is 273 g/mol. The van der Waals surface area contributed by atoms with Gasteiger partial charge in [0.1, 0.15) is 6.29 Å². The molecule has 1 N–H and O–H groups in total. The van der Waals surface area contributed by atoms with Gasteiger partial charge in [-0.25, -0.2) is 0 Å². The summed E-state index contributed by atoms with van der Waals surface area (Å²) in [6, 6.07) is 11.9. The van der Waals surface area contributed by atoms with Gasteiger partial charge < -0.3 is 5.32 Å². The van der Waals surface area contributed by atoms with Crippen LogP contribution in [0.25, 0.3) is 0 Å². The molecular weight excluding hydrogens is 262 g/mol. The van der Waals surface area contributed by atoms with Crippen LogP contribution in [0.1, 0.15) is 26.3 Å². The number of aryl methyl sites for hydroxylation is 1. The molecule has 0 aliphatic rings. The molecule has 0 heterocycles. The number of carbonyl (C=O) groups excluding carboxylic acids is 2. The molecule has 0 spiro atoms. The molecule has 0 fully saturated rings. The third kappa shape index (κ3) is 3.20. The predicted molar refractivity (Wildman–Crippen MR) is 76.0 cm³/mol. The first-order chi connectivity index (χ1) is 9.10. The van der Waals surface area contributed by atoms with Gasteiger partial charge in [0.2, 0.25) is 0 Å².